The molecule has 0 radical (unpaired) electrons. The molecule has 2 aromatic carbocycles. The Bertz CT molecular complexity index is 1530. The van der Waals surface area contributed by atoms with Crippen molar-refractivity contribution in [2.45, 2.75) is 63.2 Å². The Hall–Kier alpha value is -2.90. The molecule has 2 fully saturated rings. The summed E-state index contributed by atoms with van der Waals surface area (Å²) < 4.78 is 18.7. The van der Waals surface area contributed by atoms with Crippen molar-refractivity contribution in [2.75, 3.05) is 0 Å². The maximum absolute atomic E-state index is 10.1. The van der Waals surface area contributed by atoms with E-state index in [0.29, 0.717) is 17.0 Å². The number of aromatic nitrogens is 1. The number of hydrogen-bond donors (Lipinski definition) is 0. The SMILES string of the molecule is [2H]C1(c2c(C#N)ccc3c2oc2c(-c4cccc[n+]4C)c(C)ccc23)CC2CCC[Si](C)(C)C2C1. The van der Waals surface area contributed by atoms with Gasteiger partial charge in [0.05, 0.1) is 25.3 Å². The zero-order chi connectivity index (χ0) is 24.5. The van der Waals surface area contributed by atoms with Crippen molar-refractivity contribution in [3.8, 4) is 17.3 Å². The van der Waals surface area contributed by atoms with Crippen LogP contribution in [0.2, 0.25) is 24.7 Å². The molecule has 0 spiro atoms. The van der Waals surface area contributed by atoms with E-state index in [0.717, 1.165) is 57.2 Å². The highest BCUT2D eigenvalue weighted by molar-refractivity contribution is 6.79. The normalized spacial score (nSPS) is 26.4. The lowest BCUT2D eigenvalue weighted by atomic mass is 9.89. The first-order valence-corrected chi connectivity index (χ1v) is 15.9. The van der Waals surface area contributed by atoms with Gasteiger partial charge in [0.15, 0.2) is 6.20 Å². The van der Waals surface area contributed by atoms with Gasteiger partial charge in [-0.15, -0.1) is 0 Å². The molecule has 1 saturated heterocycles. The molecule has 0 amide bonds. The fraction of sp³-hybridized carbons (Fsp3) is 0.400. The third-order valence-electron chi connectivity index (χ3n) is 8.75. The molecule has 1 aliphatic carbocycles. The van der Waals surface area contributed by atoms with Gasteiger partial charge in [0.25, 0.3) is 0 Å². The van der Waals surface area contributed by atoms with E-state index in [4.69, 9.17) is 4.42 Å². The molecule has 1 aliphatic heterocycles. The topological polar surface area (TPSA) is 40.8 Å². The highest BCUT2D eigenvalue weighted by atomic mass is 28.3. The molecule has 4 heteroatoms. The van der Waals surface area contributed by atoms with Crippen LogP contribution in [0.3, 0.4) is 0 Å². The number of furan rings is 1. The first-order chi connectivity index (χ1) is 16.7. The molecule has 0 N–H and O–H groups in total. The van der Waals surface area contributed by atoms with Gasteiger partial charge in [0.1, 0.15) is 18.2 Å². The number of rotatable bonds is 2. The van der Waals surface area contributed by atoms with Crippen LogP contribution in [0.1, 0.15) is 49.6 Å². The monoisotopic (exact) mass is 466 g/mol. The number of fused-ring (bicyclic) bond motifs is 4. The van der Waals surface area contributed by atoms with Crippen molar-refractivity contribution >= 4 is 30.0 Å². The highest BCUT2D eigenvalue weighted by Crippen LogP contribution is 2.57. The molecular formula is C30H33N2OSi+. The second-order valence-corrected chi connectivity index (χ2v) is 16.4. The summed E-state index contributed by atoms with van der Waals surface area (Å²) in [5.74, 6) is -0.162. The summed E-state index contributed by atoms with van der Waals surface area (Å²) in [5, 5.41) is 12.2. The zero-order valence-corrected chi connectivity index (χ0v) is 21.6. The second-order valence-electron chi connectivity index (χ2n) is 11.2. The van der Waals surface area contributed by atoms with Gasteiger partial charge in [-0.3, -0.25) is 0 Å². The zero-order valence-electron chi connectivity index (χ0n) is 21.6. The largest absolute Gasteiger partial charge is 0.455 e. The summed E-state index contributed by atoms with van der Waals surface area (Å²) in [5.41, 5.74) is 7.02. The predicted molar refractivity (Wildman–Crippen MR) is 141 cm³/mol. The molecule has 3 nitrogen and oxygen atoms in total. The molecule has 6 rings (SSSR count). The minimum Gasteiger partial charge on any atom is -0.455 e. The van der Waals surface area contributed by atoms with Crippen molar-refractivity contribution in [3.63, 3.8) is 0 Å². The van der Waals surface area contributed by atoms with E-state index >= 15 is 0 Å². The van der Waals surface area contributed by atoms with Crippen LogP contribution in [-0.2, 0) is 7.05 Å². The van der Waals surface area contributed by atoms with Crippen molar-refractivity contribution in [2.24, 2.45) is 13.0 Å². The van der Waals surface area contributed by atoms with E-state index in [-0.39, 0.29) is 0 Å². The van der Waals surface area contributed by atoms with E-state index in [1.807, 2.05) is 18.2 Å². The van der Waals surface area contributed by atoms with Gasteiger partial charge < -0.3 is 4.42 Å². The Morgan fingerprint density at radius 1 is 1.09 bits per heavy atom. The van der Waals surface area contributed by atoms with Crippen molar-refractivity contribution < 1.29 is 10.4 Å². The summed E-state index contributed by atoms with van der Waals surface area (Å²) >= 11 is 0. The maximum Gasteiger partial charge on any atom is 0.216 e. The standard InChI is InChI=1S/C30H33N2OSi/c1-19-10-12-23-24-13-11-21(18-31)28(22-16-20-8-7-15-34(3,4)26(20)17-22)30(24)33-29(23)27(19)25-9-5-6-14-32(25)2/h5-6,9-14,20,22,26H,7-8,15-17H2,1-4H3/q+1/i22D. The number of benzene rings is 2. The average molecular weight is 467 g/mol. The van der Waals surface area contributed by atoms with Crippen molar-refractivity contribution in [1.29, 1.82) is 5.26 Å². The van der Waals surface area contributed by atoms with E-state index in [9.17, 15) is 6.63 Å². The van der Waals surface area contributed by atoms with Crippen LogP contribution in [0.5, 0.6) is 0 Å². The van der Waals surface area contributed by atoms with Crippen LogP contribution in [0.25, 0.3) is 33.2 Å². The number of nitrogens with zero attached hydrogens (tertiary/aromatic N) is 2. The summed E-state index contributed by atoms with van der Waals surface area (Å²) in [6.45, 7) is 7.14. The van der Waals surface area contributed by atoms with E-state index in [2.05, 4.69) is 68.2 Å². The molecule has 2 aliphatic rings. The Labute approximate surface area is 204 Å². The second kappa shape index (κ2) is 7.82. The predicted octanol–water partition coefficient (Wildman–Crippen LogP) is 7.62. The molecule has 172 valence electrons. The van der Waals surface area contributed by atoms with Crippen molar-refractivity contribution in [3.05, 3.63) is 65.4 Å². The van der Waals surface area contributed by atoms with Gasteiger partial charge in [0, 0.05) is 29.8 Å². The maximum atomic E-state index is 10.1. The molecule has 0 bridgehead atoms. The van der Waals surface area contributed by atoms with Crippen LogP contribution >= 0.6 is 0 Å². The molecular weight excluding hydrogens is 432 g/mol. The first-order valence-electron chi connectivity index (χ1n) is 13.1. The summed E-state index contributed by atoms with van der Waals surface area (Å²) in [6.07, 6.45) is 6.29. The Kier molecular flexibility index (Phi) is 4.71. The van der Waals surface area contributed by atoms with Gasteiger partial charge in [-0.1, -0.05) is 44.1 Å². The van der Waals surface area contributed by atoms with Gasteiger partial charge >= 0.3 is 0 Å². The number of pyridine rings is 1. The molecule has 34 heavy (non-hydrogen) atoms. The van der Waals surface area contributed by atoms with Crippen LogP contribution in [0, 0.1) is 24.2 Å². The average Bonchev–Trinajstić information content (AvgIpc) is 3.37. The molecule has 3 heterocycles. The fourth-order valence-corrected chi connectivity index (χ4v) is 10.8. The minimum atomic E-state index is -1.37. The summed E-state index contributed by atoms with van der Waals surface area (Å²) in [6, 6.07) is 18.2. The third kappa shape index (κ3) is 3.17. The Morgan fingerprint density at radius 2 is 1.88 bits per heavy atom. The van der Waals surface area contributed by atoms with Gasteiger partial charge in [-0.25, -0.2) is 4.57 Å². The van der Waals surface area contributed by atoms with Crippen LogP contribution < -0.4 is 4.57 Å². The molecule has 1 saturated carbocycles. The lowest BCUT2D eigenvalue weighted by Gasteiger charge is -2.39. The van der Waals surface area contributed by atoms with E-state index < -0.39 is 14.0 Å². The first kappa shape index (κ1) is 20.5. The van der Waals surface area contributed by atoms with E-state index in [1.165, 1.54) is 18.9 Å². The van der Waals surface area contributed by atoms with Crippen LogP contribution in [-0.4, -0.2) is 8.07 Å². The molecule has 4 aromatic rings. The quantitative estimate of drug-likeness (QED) is 0.225. The van der Waals surface area contributed by atoms with Gasteiger partial charge in [-0.2, -0.15) is 5.26 Å². The number of nitriles is 1. The number of aryl methyl sites for hydroxylation is 2. The fourth-order valence-electron chi connectivity index (χ4n) is 6.95. The Morgan fingerprint density at radius 3 is 2.65 bits per heavy atom. The molecule has 2 aromatic heterocycles. The lowest BCUT2D eigenvalue weighted by molar-refractivity contribution is -0.660. The Balaban J connectivity index is 1.62. The van der Waals surface area contributed by atoms with Crippen molar-refractivity contribution in [1.82, 2.24) is 0 Å². The summed E-state index contributed by atoms with van der Waals surface area (Å²) in [7, 11) is 0.684. The van der Waals surface area contributed by atoms with E-state index in [1.54, 1.807) is 0 Å². The third-order valence-corrected chi connectivity index (χ3v) is 13.1. The molecule has 3 atom stereocenters. The smallest absolute Gasteiger partial charge is 0.216 e. The molecule has 3 unspecified atom stereocenters. The van der Waals surface area contributed by atoms with Gasteiger partial charge in [-0.05, 0) is 60.9 Å². The van der Waals surface area contributed by atoms with Gasteiger partial charge in [0.2, 0.25) is 5.69 Å². The minimum absolute atomic E-state index is 0.605. The lowest BCUT2D eigenvalue weighted by Crippen LogP contribution is -2.37. The highest BCUT2D eigenvalue weighted by Gasteiger charge is 2.47. The number of hydrogen-bond acceptors (Lipinski definition) is 2. The summed E-state index contributed by atoms with van der Waals surface area (Å²) in [4.78, 5) is 0. The van der Waals surface area contributed by atoms with Crippen LogP contribution in [0.15, 0.2) is 53.1 Å². The van der Waals surface area contributed by atoms with Crippen LogP contribution in [0.4, 0.5) is 0 Å².